The van der Waals surface area contributed by atoms with Crippen molar-refractivity contribution in [3.63, 3.8) is 0 Å². The third kappa shape index (κ3) is 15.9. The molecule has 0 unspecified atom stereocenters. The first kappa shape index (κ1) is 22.4. The van der Waals surface area contributed by atoms with E-state index < -0.39 is 0 Å². The van der Waals surface area contributed by atoms with Crippen LogP contribution in [0, 0.1) is 28.2 Å². The molecule has 1 aliphatic rings. The second-order valence-corrected chi connectivity index (χ2v) is 1.57. The van der Waals surface area contributed by atoms with Gasteiger partial charge in [-0.15, -0.1) is 0 Å². The molecule has 0 aromatic heterocycles. The van der Waals surface area contributed by atoms with Crippen LogP contribution in [0.25, 0.3) is 0 Å². The summed E-state index contributed by atoms with van der Waals surface area (Å²) in [6, 6.07) is 0. The minimum Gasteiger partial charge on any atom is -0.358 e. The summed E-state index contributed by atoms with van der Waals surface area (Å²) in [7, 11) is 0. The predicted octanol–water partition coefficient (Wildman–Crippen LogP) is 3.50. The summed E-state index contributed by atoms with van der Waals surface area (Å²) in [4.78, 5) is 0. The molecule has 66 valence electrons. The second-order valence-electron chi connectivity index (χ2n) is 1.57. The summed E-state index contributed by atoms with van der Waals surface area (Å²) in [5.74, 6) is 0. The van der Waals surface area contributed by atoms with Crippen molar-refractivity contribution in [1.82, 2.24) is 0 Å². The topological polar surface area (TPSA) is 0 Å². The molecule has 0 heterocycles. The maximum atomic E-state index is 3.25. The van der Waals surface area contributed by atoms with Crippen LogP contribution in [0.4, 0.5) is 0 Å². The fourth-order valence-electron chi connectivity index (χ4n) is 0.722. The molecule has 0 bridgehead atoms. The predicted molar refractivity (Wildman–Crippen MR) is 46.6 cm³/mol. The molecule has 0 aromatic rings. The first-order valence-corrected chi connectivity index (χ1v) is 3.02. The van der Waals surface area contributed by atoms with E-state index in [9.17, 15) is 0 Å². The van der Waals surface area contributed by atoms with Crippen molar-refractivity contribution in [2.45, 2.75) is 32.6 Å². The van der Waals surface area contributed by atoms with Crippen LogP contribution in [-0.2, 0) is 21.1 Å². The van der Waals surface area contributed by atoms with Gasteiger partial charge >= 0.3 is 21.1 Å². The zero-order chi connectivity index (χ0) is 5.54. The molecule has 0 N–H and O–H groups in total. The molecule has 0 atom stereocenters. The molecular weight excluding hydrogens is 303 g/mol. The van der Waals surface area contributed by atoms with Gasteiger partial charge < -0.3 is 28.2 Å². The van der Waals surface area contributed by atoms with Crippen molar-refractivity contribution in [2.75, 3.05) is 0 Å². The Hall–Kier alpha value is 0.688. The summed E-state index contributed by atoms with van der Waals surface area (Å²) in [5, 5.41) is 0. The van der Waals surface area contributed by atoms with E-state index in [1.54, 1.807) is 6.92 Å². The zero-order valence-corrected chi connectivity index (χ0v) is 9.70. The van der Waals surface area contributed by atoms with Gasteiger partial charge in [-0.1, -0.05) is 12.8 Å². The molecular formula is C9H20Pt. The maximum absolute atomic E-state index is 3.25. The molecule has 0 aliphatic heterocycles. The maximum Gasteiger partial charge on any atom is 4.00 e. The number of rotatable bonds is 0. The van der Waals surface area contributed by atoms with Gasteiger partial charge in [-0.3, -0.25) is 0 Å². The van der Waals surface area contributed by atoms with Gasteiger partial charge in [0.2, 0.25) is 0 Å². The molecule has 0 spiro atoms. The second kappa shape index (κ2) is 22.6. The largest absolute Gasteiger partial charge is 4.00 e. The van der Waals surface area contributed by atoms with Crippen LogP contribution >= 0.6 is 0 Å². The van der Waals surface area contributed by atoms with Gasteiger partial charge in [0.05, 0.1) is 0 Å². The van der Waals surface area contributed by atoms with Crippen LogP contribution in [0.1, 0.15) is 32.6 Å². The van der Waals surface area contributed by atoms with Gasteiger partial charge in [-0.2, -0.15) is 19.8 Å². The molecule has 1 aliphatic carbocycles. The number of hydrogen-bond donors (Lipinski definition) is 0. The Kier molecular flexibility index (Phi) is 50.7. The van der Waals surface area contributed by atoms with Crippen molar-refractivity contribution in [2.24, 2.45) is 0 Å². The van der Waals surface area contributed by atoms with Crippen LogP contribution < -0.4 is 0 Å². The first-order valence-electron chi connectivity index (χ1n) is 3.02. The van der Waals surface area contributed by atoms with E-state index in [-0.39, 0.29) is 35.9 Å². The van der Waals surface area contributed by atoms with E-state index in [1.807, 2.05) is 0 Å². The van der Waals surface area contributed by atoms with Crippen LogP contribution in [-0.4, -0.2) is 0 Å². The molecule has 0 saturated heterocycles. The summed E-state index contributed by atoms with van der Waals surface area (Å²) in [5.41, 5.74) is 0. The standard InChI is InChI=1S/C5H9.C2H5.2CH3.Pt/c1-2-4-5-3-1;1-2;;;/h1H,2-5H2;1H2,2H3;2*1H3;/q4*-1;+4. The first-order chi connectivity index (χ1) is 3.50. The van der Waals surface area contributed by atoms with E-state index >= 15 is 0 Å². The summed E-state index contributed by atoms with van der Waals surface area (Å²) in [6.45, 7) is 5.00. The quantitative estimate of drug-likeness (QED) is 0.599. The normalized spacial score (nSPS) is 12.6. The molecule has 1 heteroatoms. The SMILES string of the molecule is [CH-]1CCCC1.[CH2-]C.[CH3-].[CH3-].[Pt+4]. The van der Waals surface area contributed by atoms with E-state index in [2.05, 4.69) is 13.3 Å². The smallest absolute Gasteiger partial charge is 0.358 e. The van der Waals surface area contributed by atoms with Crippen molar-refractivity contribution >= 4 is 0 Å². The van der Waals surface area contributed by atoms with Crippen molar-refractivity contribution < 1.29 is 21.1 Å². The Labute approximate surface area is 82.1 Å². The average Bonchev–Trinajstić information content (AvgIpc) is 2.23. The molecule has 10 heavy (non-hydrogen) atoms. The Morgan fingerprint density at radius 3 is 1.40 bits per heavy atom. The van der Waals surface area contributed by atoms with Crippen LogP contribution in [0.5, 0.6) is 0 Å². The Bertz CT molecular complexity index is 16.3. The van der Waals surface area contributed by atoms with E-state index in [0.29, 0.717) is 0 Å². The Morgan fingerprint density at radius 1 is 1.00 bits per heavy atom. The third-order valence-electron chi connectivity index (χ3n) is 1.07. The minimum absolute atomic E-state index is 0. The van der Waals surface area contributed by atoms with E-state index in [4.69, 9.17) is 0 Å². The third-order valence-corrected chi connectivity index (χ3v) is 1.07. The van der Waals surface area contributed by atoms with Crippen molar-refractivity contribution in [3.05, 3.63) is 28.2 Å². The molecule has 0 amide bonds. The Morgan fingerprint density at radius 2 is 1.30 bits per heavy atom. The average molecular weight is 323 g/mol. The molecule has 1 rings (SSSR count). The van der Waals surface area contributed by atoms with E-state index in [1.165, 1.54) is 25.7 Å². The molecule has 0 radical (unpaired) electrons. The summed E-state index contributed by atoms with van der Waals surface area (Å²) < 4.78 is 0. The van der Waals surface area contributed by atoms with Gasteiger partial charge in [0.25, 0.3) is 0 Å². The minimum atomic E-state index is 0. The molecule has 1 saturated carbocycles. The summed E-state index contributed by atoms with van der Waals surface area (Å²) in [6.07, 6.45) is 8.00. The monoisotopic (exact) mass is 323 g/mol. The molecule has 0 aromatic carbocycles. The molecule has 1 fully saturated rings. The van der Waals surface area contributed by atoms with Gasteiger partial charge in [-0.25, -0.2) is 0 Å². The van der Waals surface area contributed by atoms with Gasteiger partial charge in [0, 0.05) is 0 Å². The fourth-order valence-corrected chi connectivity index (χ4v) is 0.722. The van der Waals surface area contributed by atoms with Gasteiger partial charge in [0.15, 0.2) is 0 Å². The fraction of sp³-hybridized carbons (Fsp3) is 0.556. The van der Waals surface area contributed by atoms with Gasteiger partial charge in [-0.05, 0) is 0 Å². The van der Waals surface area contributed by atoms with Crippen LogP contribution in [0.3, 0.4) is 0 Å². The number of hydrogen-bond acceptors (Lipinski definition) is 0. The molecule has 0 nitrogen and oxygen atoms in total. The summed E-state index contributed by atoms with van der Waals surface area (Å²) >= 11 is 0. The Balaban J connectivity index is -0.0000000337. The van der Waals surface area contributed by atoms with Crippen molar-refractivity contribution in [3.8, 4) is 0 Å². The van der Waals surface area contributed by atoms with Gasteiger partial charge in [0.1, 0.15) is 0 Å². The zero-order valence-electron chi connectivity index (χ0n) is 7.43. The van der Waals surface area contributed by atoms with Crippen molar-refractivity contribution in [1.29, 1.82) is 0 Å². The van der Waals surface area contributed by atoms with E-state index in [0.717, 1.165) is 0 Å². The van der Waals surface area contributed by atoms with Crippen LogP contribution in [0.2, 0.25) is 0 Å². The van der Waals surface area contributed by atoms with Crippen LogP contribution in [0.15, 0.2) is 0 Å².